The van der Waals surface area contributed by atoms with Gasteiger partial charge in [0.15, 0.2) is 11.6 Å². The van der Waals surface area contributed by atoms with Crippen LogP contribution in [0.5, 0.6) is 0 Å². The predicted octanol–water partition coefficient (Wildman–Crippen LogP) is -4.29. The van der Waals surface area contributed by atoms with Crippen LogP contribution in [0.25, 0.3) is 0 Å². The molecule has 0 aliphatic heterocycles. The quantitative estimate of drug-likeness (QED) is 0.269. The maximum Gasteiger partial charge on any atom is 1.00 e. The molecule has 0 aromatic rings. The standard InChI is InChI=1S/C4H6O2.2C2H4O2.Na/c1-3(5)4(2)6;1-4-2-3;1-2(3)4;/h1-2H3;2H,1H3;1H3,(H,3,4);/q;;;+1/p-1. The van der Waals surface area contributed by atoms with E-state index in [-0.39, 0.29) is 41.1 Å². The van der Waals surface area contributed by atoms with Crippen LogP contribution in [0.3, 0.4) is 0 Å². The fourth-order valence-electron chi connectivity index (χ4n) is 0. The molecular formula is C8H13NaO6. The van der Waals surface area contributed by atoms with Crippen molar-refractivity contribution in [3.05, 3.63) is 0 Å². The topological polar surface area (TPSA) is 101 Å². The second-order valence-electron chi connectivity index (χ2n) is 1.94. The number of methoxy groups -OCH3 is 1. The van der Waals surface area contributed by atoms with Crippen molar-refractivity contribution in [3.8, 4) is 0 Å². The van der Waals surface area contributed by atoms with Crippen molar-refractivity contribution < 1.29 is 58.6 Å². The summed E-state index contributed by atoms with van der Waals surface area (Å²) in [6.07, 6.45) is 0. The van der Waals surface area contributed by atoms with Gasteiger partial charge in [0, 0.05) is 19.8 Å². The monoisotopic (exact) mass is 228 g/mol. The van der Waals surface area contributed by atoms with Gasteiger partial charge in [-0.2, -0.15) is 0 Å². The number of aliphatic carboxylic acids is 1. The summed E-state index contributed by atoms with van der Waals surface area (Å²) in [6, 6.07) is 0. The van der Waals surface area contributed by atoms with Crippen LogP contribution in [0.4, 0.5) is 0 Å². The normalized spacial score (nSPS) is 6.13. The average Bonchev–Trinajstić information content (AvgIpc) is 2.03. The van der Waals surface area contributed by atoms with Crippen molar-refractivity contribution in [2.24, 2.45) is 0 Å². The van der Waals surface area contributed by atoms with Gasteiger partial charge in [-0.15, -0.1) is 0 Å². The summed E-state index contributed by atoms with van der Waals surface area (Å²) in [5.41, 5.74) is 0. The minimum absolute atomic E-state index is 0. The summed E-state index contributed by atoms with van der Waals surface area (Å²) in [7, 11) is 1.31. The zero-order valence-electron chi connectivity index (χ0n) is 9.53. The van der Waals surface area contributed by atoms with Gasteiger partial charge in [-0.1, -0.05) is 0 Å². The number of carbonyl (C=O) groups excluding carboxylic acids is 4. The maximum absolute atomic E-state index is 9.79. The molecule has 0 spiro atoms. The summed E-state index contributed by atoms with van der Waals surface area (Å²) in [4.78, 5) is 37.4. The molecular weight excluding hydrogens is 215 g/mol. The third kappa shape index (κ3) is 92.2. The van der Waals surface area contributed by atoms with E-state index in [9.17, 15) is 9.59 Å². The summed E-state index contributed by atoms with van der Waals surface area (Å²) >= 11 is 0. The smallest absolute Gasteiger partial charge is 0.550 e. The molecule has 0 aliphatic rings. The number of hydrogen-bond donors (Lipinski definition) is 0. The van der Waals surface area contributed by atoms with Crippen molar-refractivity contribution in [2.45, 2.75) is 20.8 Å². The summed E-state index contributed by atoms with van der Waals surface area (Å²) < 4.78 is 3.86. The third-order valence-corrected chi connectivity index (χ3v) is 0.592. The minimum Gasteiger partial charge on any atom is -0.550 e. The van der Waals surface area contributed by atoms with Crippen LogP contribution in [-0.4, -0.2) is 31.1 Å². The number of hydrogen-bond acceptors (Lipinski definition) is 6. The van der Waals surface area contributed by atoms with E-state index in [4.69, 9.17) is 14.7 Å². The second kappa shape index (κ2) is 18.9. The number of ether oxygens (including phenoxy) is 1. The van der Waals surface area contributed by atoms with Crippen LogP contribution in [0.1, 0.15) is 20.8 Å². The van der Waals surface area contributed by atoms with Gasteiger partial charge in [-0.3, -0.25) is 14.4 Å². The molecule has 6 nitrogen and oxygen atoms in total. The van der Waals surface area contributed by atoms with Crippen LogP contribution in [0, 0.1) is 0 Å². The van der Waals surface area contributed by atoms with E-state index in [2.05, 4.69) is 4.74 Å². The first-order valence-electron chi connectivity index (χ1n) is 3.45. The second-order valence-corrected chi connectivity index (χ2v) is 1.94. The van der Waals surface area contributed by atoms with Gasteiger partial charge in [0.25, 0.3) is 6.47 Å². The van der Waals surface area contributed by atoms with Gasteiger partial charge in [-0.05, 0) is 6.92 Å². The molecule has 0 saturated heterocycles. The molecule has 0 aliphatic carbocycles. The van der Waals surface area contributed by atoms with Gasteiger partial charge in [0.2, 0.25) is 0 Å². The summed E-state index contributed by atoms with van der Waals surface area (Å²) in [6.45, 7) is 3.85. The van der Waals surface area contributed by atoms with Gasteiger partial charge in [-0.25, -0.2) is 0 Å². The van der Waals surface area contributed by atoms with Crippen LogP contribution in [-0.2, 0) is 23.9 Å². The summed E-state index contributed by atoms with van der Waals surface area (Å²) in [5.74, 6) is -1.84. The summed E-state index contributed by atoms with van der Waals surface area (Å²) in [5, 5.41) is 8.89. The Balaban J connectivity index is -0.0000000606. The molecule has 0 aromatic heterocycles. The van der Waals surface area contributed by atoms with E-state index in [1.54, 1.807) is 0 Å². The first-order chi connectivity index (χ1) is 6.29. The Labute approximate surface area is 110 Å². The van der Waals surface area contributed by atoms with Crippen molar-refractivity contribution in [3.63, 3.8) is 0 Å². The van der Waals surface area contributed by atoms with E-state index in [1.807, 2.05) is 0 Å². The molecule has 15 heavy (non-hydrogen) atoms. The van der Waals surface area contributed by atoms with Crippen LogP contribution in [0.2, 0.25) is 0 Å². The minimum atomic E-state index is -1.08. The Morgan fingerprint density at radius 1 is 1.07 bits per heavy atom. The van der Waals surface area contributed by atoms with Crippen molar-refractivity contribution in [1.82, 2.24) is 0 Å². The zero-order valence-corrected chi connectivity index (χ0v) is 11.5. The molecule has 0 rings (SSSR count). The molecule has 7 heteroatoms. The van der Waals surface area contributed by atoms with Crippen molar-refractivity contribution >= 4 is 24.0 Å². The van der Waals surface area contributed by atoms with Crippen molar-refractivity contribution in [2.75, 3.05) is 7.11 Å². The Kier molecular flexibility index (Phi) is 30.1. The van der Waals surface area contributed by atoms with Crippen LogP contribution in [0.15, 0.2) is 0 Å². The molecule has 0 aromatic carbocycles. The largest absolute Gasteiger partial charge is 1.00 e. The SMILES string of the molecule is CC(=O)C(C)=O.CC(=O)[O-].COC=O.[Na+]. The number of carboxylic acid groups (broad SMARTS) is 1. The molecule has 0 saturated carbocycles. The molecule has 0 fully saturated rings. The molecule has 0 N–H and O–H groups in total. The molecule has 0 heterocycles. The number of Topliss-reactive ketones (excluding diaryl/α,β-unsaturated/α-hetero) is 2. The Morgan fingerprint density at radius 3 is 1.20 bits per heavy atom. The first kappa shape index (κ1) is 23.8. The average molecular weight is 228 g/mol. The van der Waals surface area contributed by atoms with Gasteiger partial charge >= 0.3 is 29.6 Å². The third-order valence-electron chi connectivity index (χ3n) is 0.592. The Hall–Kier alpha value is -0.720. The van der Waals surface area contributed by atoms with Gasteiger partial charge in [0.05, 0.1) is 7.11 Å². The number of carboxylic acids is 1. The number of ketones is 2. The fraction of sp³-hybridized carbons (Fsp3) is 0.500. The maximum atomic E-state index is 9.79. The number of rotatable bonds is 2. The fourth-order valence-corrected chi connectivity index (χ4v) is 0. The number of carbonyl (C=O) groups is 4. The van der Waals surface area contributed by atoms with E-state index in [1.165, 1.54) is 21.0 Å². The molecule has 82 valence electrons. The Bertz CT molecular complexity index is 185. The molecule has 0 radical (unpaired) electrons. The van der Waals surface area contributed by atoms with E-state index in [0.717, 1.165) is 6.92 Å². The van der Waals surface area contributed by atoms with Crippen LogP contribution >= 0.6 is 0 Å². The van der Waals surface area contributed by atoms with E-state index >= 15 is 0 Å². The predicted molar refractivity (Wildman–Crippen MR) is 45.1 cm³/mol. The van der Waals surface area contributed by atoms with Gasteiger partial charge in [0.1, 0.15) is 0 Å². The molecule has 0 atom stereocenters. The first-order valence-corrected chi connectivity index (χ1v) is 3.45. The van der Waals surface area contributed by atoms with E-state index < -0.39 is 5.97 Å². The molecule has 0 unspecified atom stereocenters. The van der Waals surface area contributed by atoms with E-state index in [0.29, 0.717) is 6.47 Å². The van der Waals surface area contributed by atoms with Crippen molar-refractivity contribution in [1.29, 1.82) is 0 Å². The Morgan fingerprint density at radius 2 is 1.20 bits per heavy atom. The van der Waals surface area contributed by atoms with Gasteiger partial charge < -0.3 is 14.6 Å². The zero-order chi connectivity index (χ0) is 12.1. The molecule has 0 amide bonds. The van der Waals surface area contributed by atoms with Crippen LogP contribution < -0.4 is 34.7 Å². The molecule has 0 bridgehead atoms.